The van der Waals surface area contributed by atoms with Gasteiger partial charge >= 0.3 is 11.9 Å². The predicted molar refractivity (Wildman–Crippen MR) is 69.4 cm³/mol. The molecule has 0 aromatic heterocycles. The van der Waals surface area contributed by atoms with Crippen molar-refractivity contribution in [3.05, 3.63) is 48.0 Å². The van der Waals surface area contributed by atoms with Crippen LogP contribution < -0.4 is 0 Å². The Balaban J connectivity index is 0.000000511. The molecule has 0 amide bonds. The average molecular weight is 283 g/mol. The van der Waals surface area contributed by atoms with Crippen molar-refractivity contribution in [2.24, 2.45) is 0 Å². The molecule has 1 atom stereocenters. The minimum Gasteiger partial charge on any atom is -0.480 e. The fraction of sp³-hybridized carbons (Fsp3) is 0.231. The number of hydroxylamine groups is 2. The van der Waals surface area contributed by atoms with Crippen molar-refractivity contribution in [3.8, 4) is 0 Å². The second-order valence-electron chi connectivity index (χ2n) is 3.95. The summed E-state index contributed by atoms with van der Waals surface area (Å²) in [6.45, 7) is 4.60. The Kier molecular flexibility index (Phi) is 7.83. The molecule has 0 saturated carbocycles. The number of nitrogens with zero attached hydrogens (tertiary/aromatic N) is 1. The summed E-state index contributed by atoms with van der Waals surface area (Å²) in [6.07, 6.45) is 0.0448. The third-order valence-electron chi connectivity index (χ3n) is 2.20. The normalized spacial score (nSPS) is 11.2. The summed E-state index contributed by atoms with van der Waals surface area (Å²) < 4.78 is 0. The maximum atomic E-state index is 10.6. The van der Waals surface area contributed by atoms with E-state index in [1.54, 1.807) is 30.3 Å². The Morgan fingerprint density at radius 2 is 1.65 bits per heavy atom. The van der Waals surface area contributed by atoms with Crippen LogP contribution in [-0.2, 0) is 16.0 Å². The highest BCUT2D eigenvalue weighted by Gasteiger charge is 2.23. The number of hydrogen-bond acceptors (Lipinski definition) is 5. The van der Waals surface area contributed by atoms with E-state index >= 15 is 0 Å². The van der Waals surface area contributed by atoms with Crippen LogP contribution >= 0.6 is 0 Å². The van der Waals surface area contributed by atoms with E-state index in [1.807, 2.05) is 0 Å². The molecule has 0 aliphatic heterocycles. The van der Waals surface area contributed by atoms with Crippen molar-refractivity contribution in [2.75, 3.05) is 0 Å². The van der Waals surface area contributed by atoms with Gasteiger partial charge in [0.2, 0.25) is 0 Å². The van der Waals surface area contributed by atoms with E-state index in [-0.39, 0.29) is 17.2 Å². The maximum Gasteiger partial charge on any atom is 0.330 e. The molecule has 0 aliphatic rings. The molecule has 110 valence electrons. The average Bonchev–Trinajstić information content (AvgIpc) is 2.37. The van der Waals surface area contributed by atoms with Gasteiger partial charge in [0, 0.05) is 12.0 Å². The monoisotopic (exact) mass is 283 g/mol. The summed E-state index contributed by atoms with van der Waals surface area (Å²) in [5.74, 6) is -2.21. The SMILES string of the molecule is C=C(C)C(=O)O.O=C(O)C(Cc1ccccc1)N(O)O. The highest BCUT2D eigenvalue weighted by Crippen LogP contribution is 2.06. The first-order valence-electron chi connectivity index (χ1n) is 5.58. The summed E-state index contributed by atoms with van der Waals surface area (Å²) in [4.78, 5) is 20.2. The smallest absolute Gasteiger partial charge is 0.330 e. The highest BCUT2D eigenvalue weighted by molar-refractivity contribution is 5.84. The molecule has 0 aliphatic carbocycles. The number of rotatable bonds is 5. The number of carboxylic acids is 2. The quantitative estimate of drug-likeness (QED) is 0.476. The molecule has 1 aromatic carbocycles. The van der Waals surface area contributed by atoms with E-state index in [9.17, 15) is 9.59 Å². The third-order valence-corrected chi connectivity index (χ3v) is 2.20. The lowest BCUT2D eigenvalue weighted by Gasteiger charge is -2.15. The molecule has 0 radical (unpaired) electrons. The lowest BCUT2D eigenvalue weighted by molar-refractivity contribution is -0.327. The molecule has 7 heteroatoms. The van der Waals surface area contributed by atoms with Gasteiger partial charge in [0.15, 0.2) is 6.04 Å². The number of aliphatic carboxylic acids is 2. The van der Waals surface area contributed by atoms with Crippen LogP contribution in [0.3, 0.4) is 0 Å². The van der Waals surface area contributed by atoms with Gasteiger partial charge in [-0.05, 0) is 12.5 Å². The standard InChI is InChI=1S/C9H11NO4.C4H6O2/c11-9(12)8(10(13)14)6-7-4-2-1-3-5-7;1-3(2)4(5)6/h1-5,8,13-14H,6H2,(H,11,12);1H2,2H3,(H,5,6). The Labute approximate surface area is 115 Å². The predicted octanol–water partition coefficient (Wildman–Crippen LogP) is 1.41. The van der Waals surface area contributed by atoms with Gasteiger partial charge < -0.3 is 10.2 Å². The van der Waals surface area contributed by atoms with E-state index in [0.717, 1.165) is 5.56 Å². The van der Waals surface area contributed by atoms with Crippen LogP contribution in [0, 0.1) is 0 Å². The van der Waals surface area contributed by atoms with Crippen molar-refractivity contribution < 1.29 is 30.2 Å². The number of carbonyl (C=O) groups is 2. The van der Waals surface area contributed by atoms with Crippen molar-refractivity contribution in [3.63, 3.8) is 0 Å². The molecule has 0 bridgehead atoms. The highest BCUT2D eigenvalue weighted by atomic mass is 16.8. The van der Waals surface area contributed by atoms with E-state index in [2.05, 4.69) is 6.58 Å². The molecule has 0 fully saturated rings. The van der Waals surface area contributed by atoms with Crippen LogP contribution in [0.15, 0.2) is 42.5 Å². The molecule has 1 rings (SSSR count). The van der Waals surface area contributed by atoms with Gasteiger partial charge in [0.1, 0.15) is 0 Å². The molecule has 1 unspecified atom stereocenters. The molecule has 0 heterocycles. The fourth-order valence-electron chi connectivity index (χ4n) is 1.11. The minimum atomic E-state index is -1.34. The zero-order valence-corrected chi connectivity index (χ0v) is 10.9. The third kappa shape index (κ3) is 7.27. The van der Waals surface area contributed by atoms with Crippen molar-refractivity contribution in [1.82, 2.24) is 5.23 Å². The molecular formula is C13H17NO6. The van der Waals surface area contributed by atoms with Crippen molar-refractivity contribution in [1.29, 1.82) is 0 Å². The minimum absolute atomic E-state index is 0.0448. The van der Waals surface area contributed by atoms with Crippen molar-refractivity contribution in [2.45, 2.75) is 19.4 Å². The van der Waals surface area contributed by atoms with Crippen LogP contribution in [0.4, 0.5) is 0 Å². The summed E-state index contributed by atoms with van der Waals surface area (Å²) in [6, 6.07) is 7.42. The first-order valence-corrected chi connectivity index (χ1v) is 5.58. The molecule has 7 nitrogen and oxygen atoms in total. The summed E-state index contributed by atoms with van der Waals surface area (Å²) >= 11 is 0. The first kappa shape index (κ1) is 17.8. The Morgan fingerprint density at radius 1 is 1.20 bits per heavy atom. The van der Waals surface area contributed by atoms with E-state index < -0.39 is 18.0 Å². The molecular weight excluding hydrogens is 266 g/mol. The van der Waals surface area contributed by atoms with Crippen LogP contribution in [0.1, 0.15) is 12.5 Å². The molecule has 1 aromatic rings. The second kappa shape index (κ2) is 8.81. The fourth-order valence-corrected chi connectivity index (χ4v) is 1.11. The van der Waals surface area contributed by atoms with Gasteiger partial charge in [0.05, 0.1) is 0 Å². The van der Waals surface area contributed by atoms with Crippen molar-refractivity contribution >= 4 is 11.9 Å². The van der Waals surface area contributed by atoms with Crippen LogP contribution in [0.2, 0.25) is 0 Å². The summed E-state index contributed by atoms with van der Waals surface area (Å²) in [5.41, 5.74) is 0.906. The largest absolute Gasteiger partial charge is 0.480 e. The van der Waals surface area contributed by atoms with Gasteiger partial charge in [0.25, 0.3) is 0 Å². The lowest BCUT2D eigenvalue weighted by Crippen LogP contribution is -2.38. The molecule has 4 N–H and O–H groups in total. The van der Waals surface area contributed by atoms with E-state index in [4.69, 9.17) is 20.6 Å². The summed E-state index contributed by atoms with van der Waals surface area (Å²) in [7, 11) is 0. The zero-order chi connectivity index (χ0) is 15.7. The Hall–Kier alpha value is -2.22. The number of hydrogen-bond donors (Lipinski definition) is 4. The lowest BCUT2D eigenvalue weighted by atomic mass is 10.1. The van der Waals surface area contributed by atoms with Gasteiger partial charge in [-0.1, -0.05) is 42.1 Å². The summed E-state index contributed by atoms with van der Waals surface area (Å²) in [5, 5.41) is 33.6. The first-order chi connectivity index (χ1) is 9.25. The molecule has 0 spiro atoms. The van der Waals surface area contributed by atoms with Crippen LogP contribution in [0.25, 0.3) is 0 Å². The topological polar surface area (TPSA) is 118 Å². The van der Waals surface area contributed by atoms with Crippen LogP contribution in [-0.4, -0.2) is 43.8 Å². The molecule has 20 heavy (non-hydrogen) atoms. The Bertz CT molecular complexity index is 445. The zero-order valence-electron chi connectivity index (χ0n) is 10.9. The number of carboxylic acid groups (broad SMARTS) is 2. The maximum absolute atomic E-state index is 10.6. The van der Waals surface area contributed by atoms with Gasteiger partial charge in [-0.25, -0.2) is 4.79 Å². The van der Waals surface area contributed by atoms with Gasteiger partial charge in [-0.2, -0.15) is 0 Å². The van der Waals surface area contributed by atoms with Gasteiger partial charge in [-0.3, -0.25) is 15.2 Å². The number of benzene rings is 1. The Morgan fingerprint density at radius 3 is 1.95 bits per heavy atom. The second-order valence-corrected chi connectivity index (χ2v) is 3.95. The van der Waals surface area contributed by atoms with E-state index in [0.29, 0.717) is 0 Å². The van der Waals surface area contributed by atoms with Gasteiger partial charge in [-0.15, -0.1) is 0 Å². The van der Waals surface area contributed by atoms with E-state index in [1.165, 1.54) is 6.92 Å². The van der Waals surface area contributed by atoms with Crippen LogP contribution in [0.5, 0.6) is 0 Å². The molecule has 0 saturated heterocycles.